The molecule has 0 fully saturated rings. The van der Waals surface area contributed by atoms with Gasteiger partial charge in [0.15, 0.2) is 0 Å². The predicted molar refractivity (Wildman–Crippen MR) is 62.7 cm³/mol. The molecule has 3 N–H and O–H groups in total. The summed E-state index contributed by atoms with van der Waals surface area (Å²) in [4.78, 5) is 44.7. The van der Waals surface area contributed by atoms with E-state index in [1.165, 1.54) is 6.20 Å². The number of H-pyrrole nitrogens is 1. The van der Waals surface area contributed by atoms with Crippen LogP contribution in [-0.2, 0) is 16.0 Å². The molecule has 9 heteroatoms. The summed E-state index contributed by atoms with van der Waals surface area (Å²) in [5.41, 5.74) is -1.32. The molecule has 1 heterocycles. The topological polar surface area (TPSA) is 142 Å². The number of nitrogens with one attached hydrogen (secondary N) is 2. The van der Waals surface area contributed by atoms with Crippen molar-refractivity contribution in [3.8, 4) is 0 Å². The van der Waals surface area contributed by atoms with Crippen LogP contribution >= 0.6 is 0 Å². The Labute approximate surface area is 106 Å². The number of hydrogen-bond donors (Lipinski definition) is 3. The minimum atomic E-state index is -1.27. The quantitative estimate of drug-likeness (QED) is 0.481. The minimum Gasteiger partial charge on any atom is -0.480 e. The molecule has 0 bridgehead atoms. The summed E-state index contributed by atoms with van der Waals surface area (Å²) in [7, 11) is 0. The van der Waals surface area contributed by atoms with Gasteiger partial charge in [-0.25, -0.2) is 4.79 Å². The number of carbonyl (C=O) groups excluding carboxylic acids is 1. The van der Waals surface area contributed by atoms with Crippen molar-refractivity contribution in [2.75, 3.05) is 0 Å². The Bertz CT molecular complexity index is 579. The Morgan fingerprint density at radius 1 is 1.58 bits per heavy atom. The number of aromatic amines is 1. The van der Waals surface area contributed by atoms with Crippen molar-refractivity contribution in [1.82, 2.24) is 10.3 Å². The Morgan fingerprint density at radius 3 is 2.68 bits per heavy atom. The molecule has 0 aliphatic carbocycles. The molecule has 1 aromatic heterocycles. The van der Waals surface area contributed by atoms with Crippen molar-refractivity contribution in [1.29, 1.82) is 0 Å². The van der Waals surface area contributed by atoms with E-state index in [2.05, 4.69) is 10.3 Å². The molecule has 0 saturated heterocycles. The van der Waals surface area contributed by atoms with Crippen LogP contribution in [0.5, 0.6) is 0 Å². The van der Waals surface area contributed by atoms with E-state index < -0.39 is 34.1 Å². The number of aliphatic carboxylic acids is 1. The molecule has 0 saturated carbocycles. The maximum Gasteiger partial charge on any atom is 0.334 e. The van der Waals surface area contributed by atoms with Crippen LogP contribution in [0.4, 0.5) is 5.69 Å². The number of carboxylic acids is 1. The summed E-state index contributed by atoms with van der Waals surface area (Å²) in [5, 5.41) is 21.7. The third kappa shape index (κ3) is 3.91. The molecule has 1 amide bonds. The van der Waals surface area contributed by atoms with Gasteiger partial charge >= 0.3 is 17.2 Å². The second-order valence-corrected chi connectivity index (χ2v) is 3.77. The summed E-state index contributed by atoms with van der Waals surface area (Å²) >= 11 is 0. The van der Waals surface area contributed by atoms with E-state index in [-0.39, 0.29) is 12.0 Å². The first-order chi connectivity index (χ1) is 8.81. The van der Waals surface area contributed by atoms with Gasteiger partial charge in [0.25, 0.3) is 0 Å². The van der Waals surface area contributed by atoms with Gasteiger partial charge in [0.05, 0.1) is 4.92 Å². The van der Waals surface area contributed by atoms with Gasteiger partial charge in [-0.1, -0.05) is 0 Å². The number of aromatic nitrogens is 1. The average molecular weight is 269 g/mol. The van der Waals surface area contributed by atoms with Crippen LogP contribution in [0.15, 0.2) is 17.1 Å². The summed E-state index contributed by atoms with van der Waals surface area (Å²) in [6.07, 6.45) is 1.000. The van der Waals surface area contributed by atoms with Gasteiger partial charge in [-0.2, -0.15) is 0 Å². The van der Waals surface area contributed by atoms with E-state index in [0.717, 1.165) is 13.0 Å². The van der Waals surface area contributed by atoms with E-state index in [4.69, 9.17) is 5.11 Å². The lowest BCUT2D eigenvalue weighted by Gasteiger charge is -2.12. The standard InChI is InChI=1S/C10H11N3O6/c1-5(14)12-7(10(16)17)2-6-3-8(13(18)19)9(15)11-4-6/h3-4,7H,2H2,1H3,(H,11,15)(H,12,14)(H,16,17). The third-order valence-electron chi connectivity index (χ3n) is 2.26. The van der Waals surface area contributed by atoms with E-state index in [1.54, 1.807) is 0 Å². The molecule has 1 rings (SSSR count). The second kappa shape index (κ2) is 5.76. The number of nitro groups is 1. The molecule has 0 radical (unpaired) electrons. The van der Waals surface area contributed by atoms with Gasteiger partial charge in [0.1, 0.15) is 6.04 Å². The summed E-state index contributed by atoms with van der Waals surface area (Å²) < 4.78 is 0. The Morgan fingerprint density at radius 2 is 2.21 bits per heavy atom. The lowest BCUT2D eigenvalue weighted by atomic mass is 10.1. The molecule has 1 aromatic rings. The zero-order valence-corrected chi connectivity index (χ0v) is 9.87. The van der Waals surface area contributed by atoms with Crippen molar-refractivity contribution in [2.24, 2.45) is 0 Å². The van der Waals surface area contributed by atoms with Gasteiger partial charge in [-0.15, -0.1) is 0 Å². The number of rotatable bonds is 5. The zero-order valence-electron chi connectivity index (χ0n) is 9.87. The lowest BCUT2D eigenvalue weighted by molar-refractivity contribution is -0.386. The first-order valence-corrected chi connectivity index (χ1v) is 5.17. The summed E-state index contributed by atoms with van der Waals surface area (Å²) in [6.45, 7) is 1.16. The van der Waals surface area contributed by atoms with Crippen LogP contribution in [0, 0.1) is 10.1 Å². The molecule has 0 aromatic carbocycles. The number of carbonyl (C=O) groups is 2. The maximum absolute atomic E-state index is 11.1. The number of carboxylic acid groups (broad SMARTS) is 1. The molecule has 0 aliphatic heterocycles. The Kier molecular flexibility index (Phi) is 4.35. The van der Waals surface area contributed by atoms with Gasteiger partial charge in [0, 0.05) is 25.6 Å². The van der Waals surface area contributed by atoms with Crippen LogP contribution in [0.3, 0.4) is 0 Å². The highest BCUT2D eigenvalue weighted by Crippen LogP contribution is 2.08. The number of pyridine rings is 1. The molecule has 1 atom stereocenters. The third-order valence-corrected chi connectivity index (χ3v) is 2.26. The van der Waals surface area contributed by atoms with Crippen LogP contribution < -0.4 is 10.9 Å². The van der Waals surface area contributed by atoms with Crippen LogP contribution in [-0.4, -0.2) is 32.9 Å². The van der Waals surface area contributed by atoms with Crippen LogP contribution in [0.2, 0.25) is 0 Å². The number of nitrogens with zero attached hydrogens (tertiary/aromatic N) is 1. The normalized spacial score (nSPS) is 11.6. The van der Waals surface area contributed by atoms with Crippen LogP contribution in [0.25, 0.3) is 0 Å². The van der Waals surface area contributed by atoms with Crippen molar-refractivity contribution in [3.05, 3.63) is 38.3 Å². The fourth-order valence-electron chi connectivity index (χ4n) is 1.45. The molecule has 0 aliphatic rings. The molecule has 102 valence electrons. The largest absolute Gasteiger partial charge is 0.480 e. The highest BCUT2D eigenvalue weighted by atomic mass is 16.6. The van der Waals surface area contributed by atoms with Gasteiger partial charge < -0.3 is 15.4 Å². The van der Waals surface area contributed by atoms with E-state index in [9.17, 15) is 24.5 Å². The lowest BCUT2D eigenvalue weighted by Crippen LogP contribution is -2.41. The first-order valence-electron chi connectivity index (χ1n) is 5.17. The number of hydrogen-bond acceptors (Lipinski definition) is 5. The minimum absolute atomic E-state index is 0.174. The molecular formula is C10H11N3O6. The van der Waals surface area contributed by atoms with Crippen molar-refractivity contribution >= 4 is 17.6 Å². The van der Waals surface area contributed by atoms with Gasteiger partial charge in [0.2, 0.25) is 5.91 Å². The molecular weight excluding hydrogens is 258 g/mol. The zero-order chi connectivity index (χ0) is 14.6. The fraction of sp³-hybridized carbons (Fsp3) is 0.300. The molecule has 0 spiro atoms. The fourth-order valence-corrected chi connectivity index (χ4v) is 1.45. The SMILES string of the molecule is CC(=O)NC(Cc1c[nH]c(=O)c([N+](=O)[O-])c1)C(=O)O. The van der Waals surface area contributed by atoms with Crippen LogP contribution in [0.1, 0.15) is 12.5 Å². The smallest absolute Gasteiger partial charge is 0.334 e. The van der Waals surface area contributed by atoms with Crippen molar-refractivity contribution in [2.45, 2.75) is 19.4 Å². The van der Waals surface area contributed by atoms with E-state index in [1.807, 2.05) is 0 Å². The molecule has 9 nitrogen and oxygen atoms in total. The predicted octanol–water partition coefficient (Wildman–Crippen LogP) is -0.585. The molecule has 19 heavy (non-hydrogen) atoms. The second-order valence-electron chi connectivity index (χ2n) is 3.77. The van der Waals surface area contributed by atoms with Gasteiger partial charge in [-0.05, 0) is 5.56 Å². The van der Waals surface area contributed by atoms with Gasteiger partial charge in [-0.3, -0.25) is 19.7 Å². The monoisotopic (exact) mass is 269 g/mol. The Balaban J connectivity index is 3.00. The van der Waals surface area contributed by atoms with E-state index in [0.29, 0.717) is 0 Å². The summed E-state index contributed by atoms with van der Waals surface area (Å²) in [5.74, 6) is -1.81. The maximum atomic E-state index is 11.1. The average Bonchev–Trinajstić information content (AvgIpc) is 2.29. The Hall–Kier alpha value is -2.71. The highest BCUT2D eigenvalue weighted by molar-refractivity contribution is 5.82. The van der Waals surface area contributed by atoms with Crippen molar-refractivity contribution < 1.29 is 19.6 Å². The summed E-state index contributed by atoms with van der Waals surface area (Å²) in [6, 6.07) is -0.237. The number of amides is 1. The van der Waals surface area contributed by atoms with Crippen molar-refractivity contribution in [3.63, 3.8) is 0 Å². The van der Waals surface area contributed by atoms with E-state index >= 15 is 0 Å². The molecule has 1 unspecified atom stereocenters. The highest BCUT2D eigenvalue weighted by Gasteiger charge is 2.21. The first kappa shape index (κ1) is 14.4.